The maximum atomic E-state index is 14.1. The minimum absolute atomic E-state index is 0.00491. The molecule has 0 saturated heterocycles. The van der Waals surface area contributed by atoms with Gasteiger partial charge < -0.3 is 10.2 Å². The third-order valence-electron chi connectivity index (χ3n) is 7.17. The van der Waals surface area contributed by atoms with Crippen molar-refractivity contribution in [3.05, 3.63) is 93.4 Å². The standard InChI is InChI=1S/C30H32Cl3N3O4S/c1-2-28(30(38)34-24-8-6-7-9-24)35(19-21-12-13-23(32)18-27(21)33)29(37)20-36(25-10-4-3-5-11-25)41(39,40)26-16-14-22(31)15-17-26/h3-5,10-18,24,28H,2,6-9,19-20H2,1H3,(H,34,38)/t28-/m0/s1. The van der Waals surface area contributed by atoms with E-state index in [1.165, 1.54) is 29.2 Å². The number of para-hydroxylation sites is 1. The van der Waals surface area contributed by atoms with Crippen LogP contribution in [0, 0.1) is 0 Å². The number of anilines is 1. The summed E-state index contributed by atoms with van der Waals surface area (Å²) in [5.41, 5.74) is 0.895. The maximum Gasteiger partial charge on any atom is 0.264 e. The number of nitrogens with one attached hydrogen (secondary N) is 1. The Bertz CT molecular complexity index is 1460. The topological polar surface area (TPSA) is 86.8 Å². The molecule has 7 nitrogen and oxygen atoms in total. The van der Waals surface area contributed by atoms with E-state index in [0.717, 1.165) is 30.0 Å². The molecule has 3 aromatic carbocycles. The second-order valence-corrected chi connectivity index (χ2v) is 13.1. The molecule has 3 aromatic rings. The molecule has 1 aliphatic rings. The van der Waals surface area contributed by atoms with Gasteiger partial charge in [0.2, 0.25) is 11.8 Å². The van der Waals surface area contributed by atoms with E-state index < -0.39 is 28.5 Å². The second kappa shape index (κ2) is 13.9. The Hall–Kier alpha value is -2.78. The van der Waals surface area contributed by atoms with Gasteiger partial charge in [0.1, 0.15) is 12.6 Å². The first kappa shape index (κ1) is 31.2. The molecule has 0 aromatic heterocycles. The Kier molecular flexibility index (Phi) is 10.6. The van der Waals surface area contributed by atoms with Gasteiger partial charge in [0.15, 0.2) is 0 Å². The lowest BCUT2D eigenvalue weighted by atomic mass is 10.1. The highest BCUT2D eigenvalue weighted by molar-refractivity contribution is 7.92. The lowest BCUT2D eigenvalue weighted by molar-refractivity contribution is -0.140. The molecule has 11 heteroatoms. The number of carbonyl (C=O) groups is 2. The summed E-state index contributed by atoms with van der Waals surface area (Å²) in [6, 6.07) is 18.3. The minimum Gasteiger partial charge on any atom is -0.352 e. The normalized spacial score (nSPS) is 14.4. The van der Waals surface area contributed by atoms with Crippen LogP contribution in [0.4, 0.5) is 5.69 Å². The van der Waals surface area contributed by atoms with Crippen molar-refractivity contribution in [3.8, 4) is 0 Å². The molecule has 1 N–H and O–H groups in total. The molecule has 1 saturated carbocycles. The van der Waals surface area contributed by atoms with Crippen LogP contribution in [0.2, 0.25) is 15.1 Å². The van der Waals surface area contributed by atoms with Crippen LogP contribution in [0.25, 0.3) is 0 Å². The fourth-order valence-corrected chi connectivity index (χ4v) is 6.99. The first-order valence-corrected chi connectivity index (χ1v) is 16.0. The van der Waals surface area contributed by atoms with Crippen molar-refractivity contribution >= 4 is 62.3 Å². The van der Waals surface area contributed by atoms with E-state index in [0.29, 0.717) is 32.7 Å². The number of amides is 2. The predicted molar refractivity (Wildman–Crippen MR) is 164 cm³/mol. The average Bonchev–Trinajstić information content (AvgIpc) is 3.46. The molecule has 0 radical (unpaired) electrons. The molecule has 0 aliphatic heterocycles. The first-order valence-electron chi connectivity index (χ1n) is 13.5. The number of benzene rings is 3. The van der Waals surface area contributed by atoms with Crippen molar-refractivity contribution < 1.29 is 18.0 Å². The van der Waals surface area contributed by atoms with Crippen LogP contribution >= 0.6 is 34.8 Å². The van der Waals surface area contributed by atoms with E-state index in [2.05, 4.69) is 5.32 Å². The summed E-state index contributed by atoms with van der Waals surface area (Å²) in [4.78, 5) is 29.0. The van der Waals surface area contributed by atoms with Crippen LogP contribution in [-0.4, -0.2) is 43.8 Å². The van der Waals surface area contributed by atoms with Gasteiger partial charge in [0.05, 0.1) is 10.6 Å². The Balaban J connectivity index is 1.71. The number of sulfonamides is 1. The largest absolute Gasteiger partial charge is 0.352 e. The van der Waals surface area contributed by atoms with Gasteiger partial charge in [-0.05, 0) is 73.4 Å². The first-order chi connectivity index (χ1) is 19.6. The highest BCUT2D eigenvalue weighted by Crippen LogP contribution is 2.27. The number of hydrogen-bond donors (Lipinski definition) is 1. The molecule has 0 spiro atoms. The molecule has 1 fully saturated rings. The van der Waals surface area contributed by atoms with Gasteiger partial charge in [-0.15, -0.1) is 0 Å². The molecule has 4 rings (SSSR count). The van der Waals surface area contributed by atoms with Gasteiger partial charge in [-0.2, -0.15) is 0 Å². The van der Waals surface area contributed by atoms with Crippen LogP contribution in [-0.2, 0) is 26.2 Å². The third kappa shape index (κ3) is 7.74. The van der Waals surface area contributed by atoms with E-state index in [4.69, 9.17) is 34.8 Å². The predicted octanol–water partition coefficient (Wildman–Crippen LogP) is 6.71. The molecule has 1 atom stereocenters. The summed E-state index contributed by atoms with van der Waals surface area (Å²) >= 11 is 18.6. The fraction of sp³-hybridized carbons (Fsp3) is 0.333. The van der Waals surface area contributed by atoms with Gasteiger partial charge >= 0.3 is 0 Å². The zero-order valence-electron chi connectivity index (χ0n) is 22.6. The lowest BCUT2D eigenvalue weighted by Crippen LogP contribution is -2.53. The summed E-state index contributed by atoms with van der Waals surface area (Å²) in [6.07, 6.45) is 4.18. The van der Waals surface area contributed by atoms with E-state index in [1.807, 2.05) is 6.92 Å². The SMILES string of the molecule is CC[C@@H](C(=O)NC1CCCC1)N(Cc1ccc(Cl)cc1Cl)C(=O)CN(c1ccccc1)S(=O)(=O)c1ccc(Cl)cc1. The monoisotopic (exact) mass is 635 g/mol. The second-order valence-electron chi connectivity index (χ2n) is 9.97. The summed E-state index contributed by atoms with van der Waals surface area (Å²) in [7, 11) is -4.17. The van der Waals surface area contributed by atoms with Gasteiger partial charge in [-0.1, -0.05) is 78.8 Å². The van der Waals surface area contributed by atoms with Crippen molar-refractivity contribution in [1.82, 2.24) is 10.2 Å². The van der Waals surface area contributed by atoms with E-state index in [9.17, 15) is 18.0 Å². The molecule has 41 heavy (non-hydrogen) atoms. The highest BCUT2D eigenvalue weighted by atomic mass is 35.5. The van der Waals surface area contributed by atoms with Crippen molar-refractivity contribution in [2.45, 2.75) is 62.6 Å². The van der Waals surface area contributed by atoms with Gasteiger partial charge in [-0.25, -0.2) is 8.42 Å². The maximum absolute atomic E-state index is 14.1. The Morgan fingerprint density at radius 2 is 1.56 bits per heavy atom. The van der Waals surface area contributed by atoms with Crippen LogP contribution < -0.4 is 9.62 Å². The van der Waals surface area contributed by atoms with Crippen molar-refractivity contribution in [2.24, 2.45) is 0 Å². The van der Waals surface area contributed by atoms with E-state index in [1.54, 1.807) is 48.5 Å². The summed E-state index contributed by atoms with van der Waals surface area (Å²) in [6.45, 7) is 1.28. The molecule has 0 bridgehead atoms. The van der Waals surface area contributed by atoms with Crippen LogP contribution in [0.15, 0.2) is 77.7 Å². The number of carbonyl (C=O) groups excluding carboxylic acids is 2. The van der Waals surface area contributed by atoms with Gasteiger partial charge in [0.25, 0.3) is 10.0 Å². The average molecular weight is 637 g/mol. The molecule has 2 amide bonds. The van der Waals surface area contributed by atoms with E-state index >= 15 is 0 Å². The van der Waals surface area contributed by atoms with Gasteiger partial charge in [0, 0.05) is 27.7 Å². The van der Waals surface area contributed by atoms with Crippen LogP contribution in [0.3, 0.4) is 0 Å². The van der Waals surface area contributed by atoms with Crippen LogP contribution in [0.1, 0.15) is 44.6 Å². The zero-order chi connectivity index (χ0) is 29.6. The summed E-state index contributed by atoms with van der Waals surface area (Å²) < 4.78 is 28.8. The fourth-order valence-electron chi connectivity index (χ4n) is 4.98. The Labute approximate surface area is 256 Å². The van der Waals surface area contributed by atoms with Gasteiger partial charge in [-0.3, -0.25) is 13.9 Å². The summed E-state index contributed by atoms with van der Waals surface area (Å²) in [5, 5.41) is 4.26. The van der Waals surface area contributed by atoms with Crippen LogP contribution in [0.5, 0.6) is 0 Å². The van der Waals surface area contributed by atoms with Crippen molar-refractivity contribution in [3.63, 3.8) is 0 Å². The van der Waals surface area contributed by atoms with Crippen molar-refractivity contribution in [2.75, 3.05) is 10.8 Å². The zero-order valence-corrected chi connectivity index (χ0v) is 25.7. The quantitative estimate of drug-likeness (QED) is 0.254. The molecule has 0 heterocycles. The number of nitrogens with zero attached hydrogens (tertiary/aromatic N) is 2. The summed E-state index contributed by atoms with van der Waals surface area (Å²) in [5.74, 6) is -0.824. The number of halogens is 3. The Morgan fingerprint density at radius 3 is 2.17 bits per heavy atom. The smallest absolute Gasteiger partial charge is 0.264 e. The van der Waals surface area contributed by atoms with Crippen molar-refractivity contribution in [1.29, 1.82) is 0 Å². The third-order valence-corrected chi connectivity index (χ3v) is 9.79. The highest BCUT2D eigenvalue weighted by Gasteiger charge is 2.34. The molecular weight excluding hydrogens is 605 g/mol. The molecular formula is C30H32Cl3N3O4S. The van der Waals surface area contributed by atoms with E-state index in [-0.39, 0.29) is 23.4 Å². The lowest BCUT2D eigenvalue weighted by Gasteiger charge is -2.34. The molecule has 218 valence electrons. The number of hydrogen-bond acceptors (Lipinski definition) is 4. The molecule has 1 aliphatic carbocycles. The number of rotatable bonds is 11. The molecule has 0 unspecified atom stereocenters. The minimum atomic E-state index is -4.17. The Morgan fingerprint density at radius 1 is 0.927 bits per heavy atom.